The summed E-state index contributed by atoms with van der Waals surface area (Å²) in [5.41, 5.74) is 5.24. The molecular weight excluding hydrogens is 208 g/mol. The normalized spacial score (nSPS) is 13.9. The molecular formula is C5H12N6O2S. The van der Waals surface area contributed by atoms with Gasteiger partial charge in [0, 0.05) is 6.54 Å². The Hall–Kier alpha value is -1.22. The van der Waals surface area contributed by atoms with E-state index in [0.29, 0.717) is 0 Å². The van der Waals surface area contributed by atoms with Gasteiger partial charge >= 0.3 is 0 Å². The second-order valence-corrected chi connectivity index (χ2v) is 4.89. The molecule has 0 saturated carbocycles. The number of hydrogen-bond donors (Lipinski definition) is 2. The van der Waals surface area contributed by atoms with Gasteiger partial charge in [0.15, 0.2) is 0 Å². The molecule has 0 radical (unpaired) electrons. The Morgan fingerprint density at radius 1 is 1.64 bits per heavy atom. The summed E-state index contributed by atoms with van der Waals surface area (Å²) >= 11 is 0. The molecule has 1 aromatic rings. The molecule has 0 spiro atoms. The molecule has 9 heteroatoms. The summed E-state index contributed by atoms with van der Waals surface area (Å²) in [5, 5.41) is 9.96. The summed E-state index contributed by atoms with van der Waals surface area (Å²) in [5.74, 6) is -0.0483. The molecule has 0 aromatic carbocycles. The molecule has 8 nitrogen and oxygen atoms in total. The second kappa shape index (κ2) is 3.88. The van der Waals surface area contributed by atoms with E-state index in [1.54, 1.807) is 0 Å². The number of nitrogens with zero attached hydrogens (tertiary/aromatic N) is 4. The Labute approximate surface area is 81.5 Å². The van der Waals surface area contributed by atoms with Crippen molar-refractivity contribution < 1.29 is 8.42 Å². The van der Waals surface area contributed by atoms with Crippen molar-refractivity contribution in [3.8, 4) is 0 Å². The minimum absolute atomic E-state index is 0.0373. The van der Waals surface area contributed by atoms with Gasteiger partial charge in [-0.2, -0.15) is 4.80 Å². The van der Waals surface area contributed by atoms with E-state index in [9.17, 15) is 8.42 Å². The van der Waals surface area contributed by atoms with Crippen molar-refractivity contribution in [3.63, 3.8) is 0 Å². The standard InChI is InChI=1S/C5H12N6O2S/c1-4(3-6)14(12,13)9-5-7-10-11(2)8-5/h4H,3,6H2,1-2H3,(H,8,9). The molecule has 0 bridgehead atoms. The van der Waals surface area contributed by atoms with Gasteiger partial charge in [0.2, 0.25) is 10.0 Å². The first-order valence-corrected chi connectivity index (χ1v) is 5.46. The van der Waals surface area contributed by atoms with Crippen LogP contribution in [-0.2, 0) is 17.1 Å². The van der Waals surface area contributed by atoms with E-state index in [2.05, 4.69) is 20.1 Å². The molecule has 0 aliphatic rings. The summed E-state index contributed by atoms with van der Waals surface area (Å²) < 4.78 is 25.0. The third kappa shape index (κ3) is 2.39. The maximum Gasteiger partial charge on any atom is 0.276 e. The zero-order chi connectivity index (χ0) is 10.8. The monoisotopic (exact) mass is 220 g/mol. The van der Waals surface area contributed by atoms with Crippen LogP contribution in [0.2, 0.25) is 0 Å². The van der Waals surface area contributed by atoms with Crippen LogP contribution in [0.4, 0.5) is 5.95 Å². The number of aromatic nitrogens is 4. The number of rotatable bonds is 4. The van der Waals surface area contributed by atoms with E-state index in [-0.39, 0.29) is 12.5 Å². The Morgan fingerprint density at radius 3 is 2.71 bits per heavy atom. The van der Waals surface area contributed by atoms with Crippen LogP contribution in [0.3, 0.4) is 0 Å². The summed E-state index contributed by atoms with van der Waals surface area (Å²) in [6.07, 6.45) is 0. The molecule has 1 heterocycles. The van der Waals surface area contributed by atoms with E-state index in [1.807, 2.05) is 0 Å². The van der Waals surface area contributed by atoms with Crippen molar-refractivity contribution >= 4 is 16.0 Å². The van der Waals surface area contributed by atoms with E-state index in [4.69, 9.17) is 5.73 Å². The molecule has 0 aliphatic carbocycles. The van der Waals surface area contributed by atoms with Crippen LogP contribution in [0, 0.1) is 0 Å². The van der Waals surface area contributed by atoms with Crippen molar-refractivity contribution in [1.29, 1.82) is 0 Å². The lowest BCUT2D eigenvalue weighted by atomic mass is 10.5. The summed E-state index contributed by atoms with van der Waals surface area (Å²) in [6.45, 7) is 1.54. The topological polar surface area (TPSA) is 116 Å². The summed E-state index contributed by atoms with van der Waals surface area (Å²) in [6, 6.07) is 0. The van der Waals surface area contributed by atoms with Crippen LogP contribution in [0.15, 0.2) is 0 Å². The van der Waals surface area contributed by atoms with Crippen molar-refractivity contribution in [1.82, 2.24) is 20.2 Å². The van der Waals surface area contributed by atoms with Gasteiger partial charge in [0.05, 0.1) is 12.3 Å². The van der Waals surface area contributed by atoms with Gasteiger partial charge < -0.3 is 5.73 Å². The van der Waals surface area contributed by atoms with Crippen LogP contribution >= 0.6 is 0 Å². The van der Waals surface area contributed by atoms with Gasteiger partial charge in [-0.05, 0) is 12.1 Å². The van der Waals surface area contributed by atoms with Crippen molar-refractivity contribution in [2.45, 2.75) is 12.2 Å². The summed E-state index contributed by atoms with van der Waals surface area (Å²) in [4.78, 5) is 1.16. The predicted octanol–water partition coefficient (Wildman–Crippen LogP) is -1.70. The van der Waals surface area contributed by atoms with Crippen LogP contribution in [0.5, 0.6) is 0 Å². The van der Waals surface area contributed by atoms with Crippen molar-refractivity contribution in [2.75, 3.05) is 11.3 Å². The highest BCUT2D eigenvalue weighted by Crippen LogP contribution is 2.03. The summed E-state index contributed by atoms with van der Waals surface area (Å²) in [7, 11) is -1.96. The molecule has 1 unspecified atom stereocenters. The van der Waals surface area contributed by atoms with E-state index >= 15 is 0 Å². The third-order valence-corrected chi connectivity index (χ3v) is 3.32. The van der Waals surface area contributed by atoms with Gasteiger partial charge in [0.1, 0.15) is 0 Å². The fourth-order valence-corrected chi connectivity index (χ4v) is 1.47. The molecule has 14 heavy (non-hydrogen) atoms. The van der Waals surface area contributed by atoms with Crippen LogP contribution < -0.4 is 10.5 Å². The lowest BCUT2D eigenvalue weighted by Gasteiger charge is -2.09. The zero-order valence-electron chi connectivity index (χ0n) is 7.88. The number of tetrazole rings is 1. The highest BCUT2D eigenvalue weighted by molar-refractivity contribution is 7.93. The third-order valence-electron chi connectivity index (χ3n) is 1.60. The van der Waals surface area contributed by atoms with E-state index in [0.717, 1.165) is 4.80 Å². The average Bonchev–Trinajstić information content (AvgIpc) is 2.48. The number of aryl methyl sites for hydroxylation is 1. The van der Waals surface area contributed by atoms with Gasteiger partial charge in [-0.25, -0.2) is 13.1 Å². The SMILES string of the molecule is CC(CN)S(=O)(=O)Nc1nnn(C)n1. The molecule has 1 atom stereocenters. The molecule has 1 rings (SSSR count). The Balaban J connectivity index is 2.78. The molecule has 0 fully saturated rings. The Bertz CT molecular complexity index is 398. The van der Waals surface area contributed by atoms with Gasteiger partial charge in [-0.3, -0.25) is 0 Å². The molecule has 0 aliphatic heterocycles. The number of nitrogens with two attached hydrogens (primary N) is 1. The van der Waals surface area contributed by atoms with Gasteiger partial charge in [0.25, 0.3) is 5.95 Å². The molecule has 1 aromatic heterocycles. The Kier molecular flexibility index (Phi) is 3.01. The molecule has 3 N–H and O–H groups in total. The molecule has 0 amide bonds. The molecule has 0 saturated heterocycles. The smallest absolute Gasteiger partial charge is 0.276 e. The first-order valence-electron chi connectivity index (χ1n) is 3.91. The van der Waals surface area contributed by atoms with E-state index < -0.39 is 15.3 Å². The van der Waals surface area contributed by atoms with Crippen LogP contribution in [0.25, 0.3) is 0 Å². The fourth-order valence-electron chi connectivity index (χ4n) is 0.680. The second-order valence-electron chi connectivity index (χ2n) is 2.80. The lowest BCUT2D eigenvalue weighted by Crippen LogP contribution is -2.32. The average molecular weight is 220 g/mol. The largest absolute Gasteiger partial charge is 0.329 e. The lowest BCUT2D eigenvalue weighted by molar-refractivity contribution is 0.589. The maximum atomic E-state index is 11.4. The Morgan fingerprint density at radius 2 is 2.29 bits per heavy atom. The number of sulfonamides is 1. The first-order chi connectivity index (χ1) is 6.45. The van der Waals surface area contributed by atoms with Gasteiger partial charge in [-0.15, -0.1) is 5.10 Å². The van der Waals surface area contributed by atoms with Crippen molar-refractivity contribution in [2.24, 2.45) is 12.8 Å². The van der Waals surface area contributed by atoms with Crippen molar-refractivity contribution in [3.05, 3.63) is 0 Å². The van der Waals surface area contributed by atoms with Crippen LogP contribution in [-0.4, -0.2) is 40.4 Å². The number of anilines is 1. The van der Waals surface area contributed by atoms with Crippen LogP contribution in [0.1, 0.15) is 6.92 Å². The number of hydrogen-bond acceptors (Lipinski definition) is 6. The maximum absolute atomic E-state index is 11.4. The van der Waals surface area contributed by atoms with Gasteiger partial charge in [-0.1, -0.05) is 5.10 Å². The number of nitrogens with one attached hydrogen (secondary N) is 1. The highest BCUT2D eigenvalue weighted by Gasteiger charge is 2.20. The zero-order valence-corrected chi connectivity index (χ0v) is 8.69. The predicted molar refractivity (Wildman–Crippen MR) is 49.9 cm³/mol. The fraction of sp³-hybridized carbons (Fsp3) is 0.800. The quantitative estimate of drug-likeness (QED) is 0.624. The minimum atomic E-state index is -3.50. The van der Waals surface area contributed by atoms with E-state index in [1.165, 1.54) is 14.0 Å². The highest BCUT2D eigenvalue weighted by atomic mass is 32.2. The minimum Gasteiger partial charge on any atom is -0.329 e. The molecule has 80 valence electrons. The first kappa shape index (κ1) is 10.9.